The standard InChI is InChI=1S/C22H18F6N6O2.ClH/c1-12(36-13(2)35)33-11-14(19-17(22(26,27)28)4-3-9-29-19)10-18-31-32-20(34(18)33)30-16-7-5-15(6-8-16)21(23,24)25;/h3-12,20,30H,1-2H3;1H. The van der Waals surface area contributed by atoms with E-state index in [0.29, 0.717) is 5.69 Å². The van der Waals surface area contributed by atoms with Crippen molar-refractivity contribution >= 4 is 29.3 Å². The van der Waals surface area contributed by atoms with Crippen molar-refractivity contribution in [1.29, 1.82) is 0 Å². The molecular formula is C22H19ClF6N6O2. The molecule has 37 heavy (non-hydrogen) atoms. The Morgan fingerprint density at radius 2 is 1.81 bits per heavy atom. The number of benzene rings is 1. The van der Waals surface area contributed by atoms with Crippen LogP contribution in [0.4, 0.5) is 32.0 Å². The Kier molecular flexibility index (Phi) is 7.72. The van der Waals surface area contributed by atoms with E-state index in [1.807, 2.05) is 0 Å². The number of allylic oxidation sites excluding steroid dienone is 1. The van der Waals surface area contributed by atoms with Gasteiger partial charge in [0.25, 0.3) is 0 Å². The molecule has 2 aliphatic rings. The number of fused-ring (bicyclic) bond motifs is 1. The third-order valence-electron chi connectivity index (χ3n) is 5.20. The third kappa shape index (κ3) is 5.96. The van der Waals surface area contributed by atoms with Gasteiger partial charge >= 0.3 is 24.5 Å². The van der Waals surface area contributed by atoms with E-state index in [-0.39, 0.29) is 29.5 Å². The molecule has 0 saturated carbocycles. The van der Waals surface area contributed by atoms with Crippen LogP contribution in [-0.2, 0) is 21.9 Å². The fourth-order valence-electron chi connectivity index (χ4n) is 3.67. The van der Waals surface area contributed by atoms with Gasteiger partial charge in [0, 0.05) is 31.8 Å². The molecule has 0 saturated heterocycles. The number of carbonyl (C=O) groups excluding carboxylic acids is 1. The first-order chi connectivity index (χ1) is 16.8. The predicted molar refractivity (Wildman–Crippen MR) is 116 cm³/mol. The van der Waals surface area contributed by atoms with E-state index in [1.54, 1.807) is 0 Å². The molecule has 2 atom stereocenters. The number of carbonyl (C=O) groups is 1. The SMILES string of the molecule is CC(=O)OC(C)[N+]1=CC(c2ncccc2C(F)(F)F)=CC2=NNC(Nc3ccc(C(F)(F)F)cc3)N21.[Cl-]. The highest BCUT2D eigenvalue weighted by Crippen LogP contribution is 2.35. The van der Waals surface area contributed by atoms with Gasteiger partial charge in [-0.05, 0) is 36.4 Å². The van der Waals surface area contributed by atoms with Crippen molar-refractivity contribution in [2.75, 3.05) is 5.32 Å². The highest BCUT2D eigenvalue weighted by Gasteiger charge is 2.44. The molecule has 15 heteroatoms. The van der Waals surface area contributed by atoms with Crippen molar-refractivity contribution in [3.05, 3.63) is 65.5 Å². The lowest BCUT2D eigenvalue weighted by Gasteiger charge is -2.28. The summed E-state index contributed by atoms with van der Waals surface area (Å²) < 4.78 is 86.0. The van der Waals surface area contributed by atoms with Crippen LogP contribution in [0.3, 0.4) is 0 Å². The number of amidine groups is 1. The molecule has 198 valence electrons. The largest absolute Gasteiger partial charge is 1.00 e. The number of alkyl halides is 6. The second-order valence-corrected chi connectivity index (χ2v) is 7.78. The highest BCUT2D eigenvalue weighted by atomic mass is 35.5. The van der Waals surface area contributed by atoms with Gasteiger partial charge < -0.3 is 22.5 Å². The van der Waals surface area contributed by atoms with E-state index in [9.17, 15) is 31.1 Å². The Labute approximate surface area is 212 Å². The number of nitrogens with zero attached hydrogens (tertiary/aromatic N) is 4. The van der Waals surface area contributed by atoms with Gasteiger partial charge in [-0.1, -0.05) is 9.69 Å². The van der Waals surface area contributed by atoms with Crippen LogP contribution >= 0.6 is 0 Å². The first-order valence-corrected chi connectivity index (χ1v) is 10.5. The van der Waals surface area contributed by atoms with Crippen LogP contribution in [0.15, 0.2) is 53.8 Å². The average Bonchev–Trinajstić information content (AvgIpc) is 3.20. The summed E-state index contributed by atoms with van der Waals surface area (Å²) in [6.07, 6.45) is -7.16. The second-order valence-electron chi connectivity index (χ2n) is 7.78. The van der Waals surface area contributed by atoms with Crippen LogP contribution < -0.4 is 23.1 Å². The molecule has 2 N–H and O–H groups in total. The number of pyridine rings is 1. The van der Waals surface area contributed by atoms with Crippen LogP contribution in [0.1, 0.15) is 30.7 Å². The van der Waals surface area contributed by atoms with Gasteiger partial charge in [0.15, 0.2) is 0 Å². The number of hydrogen-bond donors (Lipinski definition) is 2. The summed E-state index contributed by atoms with van der Waals surface area (Å²) in [6.45, 7) is 2.67. The van der Waals surface area contributed by atoms with E-state index in [0.717, 1.165) is 18.2 Å². The molecule has 0 bridgehead atoms. The number of nitrogens with one attached hydrogen (secondary N) is 2. The van der Waals surface area contributed by atoms with Crippen LogP contribution in [0.25, 0.3) is 5.57 Å². The number of anilines is 1. The van der Waals surface area contributed by atoms with Crippen LogP contribution in [0.2, 0.25) is 0 Å². The minimum Gasteiger partial charge on any atom is -1.00 e. The number of hydrazine groups is 1. The van der Waals surface area contributed by atoms with Gasteiger partial charge in [-0.2, -0.15) is 31.4 Å². The van der Waals surface area contributed by atoms with E-state index in [2.05, 4.69) is 20.8 Å². The summed E-state index contributed by atoms with van der Waals surface area (Å²) in [7, 11) is 0. The number of aromatic nitrogens is 1. The molecule has 3 heterocycles. The summed E-state index contributed by atoms with van der Waals surface area (Å²) in [5.74, 6) is -0.492. The lowest BCUT2D eigenvalue weighted by molar-refractivity contribution is -0.721. The summed E-state index contributed by atoms with van der Waals surface area (Å²) in [6, 6.07) is 6.31. The smallest absolute Gasteiger partial charge is 0.418 e. The summed E-state index contributed by atoms with van der Waals surface area (Å²) in [5.41, 5.74) is 0.940. The highest BCUT2D eigenvalue weighted by molar-refractivity contribution is 6.17. The number of esters is 1. The lowest BCUT2D eigenvalue weighted by atomic mass is 10.0. The van der Waals surface area contributed by atoms with E-state index in [1.165, 1.54) is 60.2 Å². The molecule has 2 aliphatic heterocycles. The molecule has 0 aliphatic carbocycles. The van der Waals surface area contributed by atoms with Crippen molar-refractivity contribution in [1.82, 2.24) is 15.4 Å². The van der Waals surface area contributed by atoms with Crippen LogP contribution in [0.5, 0.6) is 0 Å². The van der Waals surface area contributed by atoms with Crippen molar-refractivity contribution in [2.45, 2.75) is 38.7 Å². The van der Waals surface area contributed by atoms with Gasteiger partial charge in [-0.15, -0.1) is 0 Å². The monoisotopic (exact) mass is 548 g/mol. The molecule has 8 nitrogen and oxygen atoms in total. The maximum Gasteiger partial charge on any atom is 0.418 e. The molecule has 0 amide bonds. The topological polar surface area (TPSA) is 81.9 Å². The van der Waals surface area contributed by atoms with E-state index in [4.69, 9.17) is 4.74 Å². The summed E-state index contributed by atoms with van der Waals surface area (Å²) in [5, 5.41) is 8.54. The minimum atomic E-state index is -4.68. The van der Waals surface area contributed by atoms with E-state index < -0.39 is 42.0 Å². The fraction of sp³-hybridized carbons (Fsp3) is 0.273. The van der Waals surface area contributed by atoms with Gasteiger partial charge in [0.2, 0.25) is 18.3 Å². The molecule has 0 spiro atoms. The van der Waals surface area contributed by atoms with Gasteiger partial charge in [0.1, 0.15) is 0 Å². The van der Waals surface area contributed by atoms with Crippen molar-refractivity contribution in [2.24, 2.45) is 5.10 Å². The number of rotatable bonds is 5. The number of halogens is 7. The fourth-order valence-corrected chi connectivity index (χ4v) is 3.67. The van der Waals surface area contributed by atoms with Crippen molar-refractivity contribution in [3.63, 3.8) is 0 Å². The summed E-state index contributed by atoms with van der Waals surface area (Å²) in [4.78, 5) is 15.5. The molecule has 1 aromatic carbocycles. The zero-order valence-corrected chi connectivity index (χ0v) is 19.9. The van der Waals surface area contributed by atoms with Crippen LogP contribution in [-0.4, -0.2) is 45.2 Å². The van der Waals surface area contributed by atoms with Crippen molar-refractivity contribution < 1.29 is 53.0 Å². The zero-order chi connectivity index (χ0) is 26.3. The second kappa shape index (κ2) is 10.3. The first-order valence-electron chi connectivity index (χ1n) is 10.5. The quantitative estimate of drug-likeness (QED) is 0.330. The van der Waals surface area contributed by atoms with Gasteiger partial charge in [-0.3, -0.25) is 15.2 Å². The number of hydrazone groups is 2. The molecule has 4 rings (SSSR count). The molecule has 2 aromatic rings. The minimum absolute atomic E-state index is 0. The lowest BCUT2D eigenvalue weighted by Crippen LogP contribution is -3.00. The average molecular weight is 549 g/mol. The Morgan fingerprint density at radius 3 is 2.41 bits per heavy atom. The first kappa shape index (κ1) is 27.8. The van der Waals surface area contributed by atoms with Crippen molar-refractivity contribution in [3.8, 4) is 0 Å². The van der Waals surface area contributed by atoms with Gasteiger partial charge in [0.05, 0.1) is 22.4 Å². The maximum atomic E-state index is 13.6. The maximum absolute atomic E-state index is 13.6. The number of ether oxygens (including phenoxy) is 1. The van der Waals surface area contributed by atoms with Gasteiger partial charge in [-0.25, -0.2) is 0 Å². The Balaban J connectivity index is 0.00000380. The molecule has 1 aromatic heterocycles. The molecule has 0 fully saturated rings. The Hall–Kier alpha value is -3.81. The molecule has 2 unspecified atom stereocenters. The zero-order valence-electron chi connectivity index (χ0n) is 19.1. The summed E-state index contributed by atoms with van der Waals surface area (Å²) >= 11 is 0. The third-order valence-corrected chi connectivity index (χ3v) is 5.20. The predicted octanol–water partition coefficient (Wildman–Crippen LogP) is 1.04. The number of hydrogen-bond acceptors (Lipinski definition) is 7. The van der Waals surface area contributed by atoms with Crippen LogP contribution in [0, 0.1) is 0 Å². The normalized spacial score (nSPS) is 17.9. The molecule has 0 radical (unpaired) electrons. The Bertz CT molecular complexity index is 1260. The Morgan fingerprint density at radius 1 is 1.14 bits per heavy atom. The molecular weight excluding hydrogens is 530 g/mol. The van der Waals surface area contributed by atoms with E-state index >= 15 is 0 Å².